The van der Waals surface area contributed by atoms with E-state index in [9.17, 15) is 14.4 Å². The number of nitrogens with one attached hydrogen (secondary N) is 1. The number of Topliss-reactive ketones (excluding diaryl/α,β-unsaturated/α-hetero) is 2. The molecule has 0 saturated carbocycles. The molecule has 2 aromatic rings. The van der Waals surface area contributed by atoms with Crippen LogP contribution in [0.4, 0.5) is 0 Å². The molecule has 144 valence electrons. The first kappa shape index (κ1) is 18.8. The Morgan fingerprint density at radius 2 is 1.96 bits per heavy atom. The lowest BCUT2D eigenvalue weighted by Gasteiger charge is -2.24. The van der Waals surface area contributed by atoms with E-state index in [1.807, 2.05) is 17.5 Å². The maximum Gasteiger partial charge on any atom is 0.181 e. The van der Waals surface area contributed by atoms with Gasteiger partial charge in [-0.25, -0.2) is 4.98 Å². The molecular weight excluding hydrogens is 378 g/mol. The molecule has 0 radical (unpaired) electrons. The van der Waals surface area contributed by atoms with Crippen molar-refractivity contribution in [3.8, 4) is 0 Å². The summed E-state index contributed by atoms with van der Waals surface area (Å²) in [6.07, 6.45) is 9.17. The Labute approximate surface area is 168 Å². The van der Waals surface area contributed by atoms with Gasteiger partial charge in [-0.05, 0) is 50.9 Å². The first-order chi connectivity index (χ1) is 13.1. The molecule has 1 N–H and O–H groups in total. The quantitative estimate of drug-likeness (QED) is 0.805. The molecule has 0 saturated heterocycles. The van der Waals surface area contributed by atoms with Gasteiger partial charge in [0.05, 0.1) is 28.9 Å². The van der Waals surface area contributed by atoms with Gasteiger partial charge in [0.15, 0.2) is 17.3 Å². The molecule has 0 aromatic carbocycles. The molecule has 5 rings (SSSR count). The number of carbonyl (C=O) groups excluding carboxylic acids is 3. The van der Waals surface area contributed by atoms with Crippen LogP contribution in [0.1, 0.15) is 51.2 Å². The second-order valence-corrected chi connectivity index (χ2v) is 7.32. The fourth-order valence-electron chi connectivity index (χ4n) is 4.72. The first-order valence-electron chi connectivity index (χ1n) is 9.30. The third kappa shape index (κ3) is 2.38. The molecule has 2 aromatic heterocycles. The summed E-state index contributed by atoms with van der Waals surface area (Å²) in [5, 5.41) is 3.02. The maximum atomic E-state index is 13.4. The molecular formula is C21H20ClN3O3. The van der Waals surface area contributed by atoms with Crippen LogP contribution in [-0.4, -0.2) is 40.3 Å². The van der Waals surface area contributed by atoms with Gasteiger partial charge in [-0.15, -0.1) is 12.4 Å². The van der Waals surface area contributed by atoms with Gasteiger partial charge in [-0.2, -0.15) is 0 Å². The summed E-state index contributed by atoms with van der Waals surface area (Å²) < 4.78 is 1.90. The normalized spacial score (nSPS) is 20.3. The topological polar surface area (TPSA) is 80.5 Å². The Morgan fingerprint density at radius 1 is 1.14 bits per heavy atom. The van der Waals surface area contributed by atoms with Crippen molar-refractivity contribution in [1.82, 2.24) is 14.7 Å². The summed E-state index contributed by atoms with van der Waals surface area (Å²) >= 11 is 0. The van der Waals surface area contributed by atoms with Gasteiger partial charge in [0, 0.05) is 23.0 Å². The van der Waals surface area contributed by atoms with Gasteiger partial charge in [0.2, 0.25) is 0 Å². The van der Waals surface area contributed by atoms with Crippen LogP contribution in [0.3, 0.4) is 0 Å². The summed E-state index contributed by atoms with van der Waals surface area (Å²) in [5.74, 6) is -0.924. The van der Waals surface area contributed by atoms with E-state index in [1.54, 1.807) is 18.6 Å². The number of ketones is 3. The summed E-state index contributed by atoms with van der Waals surface area (Å²) in [5.41, 5.74) is 5.41. The Kier molecular flexibility index (Phi) is 4.56. The third-order valence-electron chi connectivity index (χ3n) is 5.94. The van der Waals surface area contributed by atoms with E-state index in [2.05, 4.69) is 10.3 Å². The number of aromatic nitrogens is 2. The second-order valence-electron chi connectivity index (χ2n) is 7.32. The van der Waals surface area contributed by atoms with Gasteiger partial charge in [0.1, 0.15) is 0 Å². The SMILES string of the molecule is CNCCC1C(=O)c2cncn3c4c(c(c23)C1=O)C1=C(CC4)C(=O)C=CC1.Cl. The van der Waals surface area contributed by atoms with E-state index in [0.717, 1.165) is 22.4 Å². The van der Waals surface area contributed by atoms with Gasteiger partial charge >= 0.3 is 0 Å². The highest BCUT2D eigenvalue weighted by Crippen LogP contribution is 2.44. The zero-order chi connectivity index (χ0) is 18.7. The summed E-state index contributed by atoms with van der Waals surface area (Å²) in [7, 11) is 1.81. The molecule has 6 nitrogen and oxygen atoms in total. The minimum atomic E-state index is -0.690. The number of nitrogens with zero attached hydrogens (tertiary/aromatic N) is 2. The van der Waals surface area contributed by atoms with E-state index in [0.29, 0.717) is 48.9 Å². The molecule has 3 aliphatic rings. The van der Waals surface area contributed by atoms with Crippen LogP contribution in [0, 0.1) is 5.92 Å². The van der Waals surface area contributed by atoms with Crippen molar-refractivity contribution in [2.75, 3.05) is 13.6 Å². The van der Waals surface area contributed by atoms with Gasteiger partial charge < -0.3 is 9.72 Å². The van der Waals surface area contributed by atoms with Crippen LogP contribution in [0.25, 0.3) is 11.1 Å². The van der Waals surface area contributed by atoms with E-state index < -0.39 is 5.92 Å². The first-order valence-corrected chi connectivity index (χ1v) is 9.30. The largest absolute Gasteiger partial charge is 0.320 e. The molecule has 28 heavy (non-hydrogen) atoms. The summed E-state index contributed by atoms with van der Waals surface area (Å²) in [6.45, 7) is 0.589. The number of carbonyl (C=O) groups is 3. The van der Waals surface area contributed by atoms with Crippen molar-refractivity contribution in [2.24, 2.45) is 5.92 Å². The van der Waals surface area contributed by atoms with Gasteiger partial charge in [-0.1, -0.05) is 6.08 Å². The molecule has 0 amide bonds. The van der Waals surface area contributed by atoms with E-state index in [4.69, 9.17) is 0 Å². The van der Waals surface area contributed by atoms with Crippen LogP contribution in [0.2, 0.25) is 0 Å². The van der Waals surface area contributed by atoms with Crippen LogP contribution in [0.15, 0.2) is 30.2 Å². The molecule has 2 heterocycles. The number of fused-ring (bicyclic) bond motifs is 4. The number of aryl methyl sites for hydroxylation is 1. The van der Waals surface area contributed by atoms with Crippen LogP contribution >= 0.6 is 12.4 Å². The predicted molar refractivity (Wildman–Crippen MR) is 107 cm³/mol. The third-order valence-corrected chi connectivity index (χ3v) is 5.94. The van der Waals surface area contributed by atoms with E-state index in [1.165, 1.54) is 0 Å². The average Bonchev–Trinajstić information content (AvgIpc) is 3.02. The number of hydrogen-bond acceptors (Lipinski definition) is 5. The Bertz CT molecular complexity index is 1110. The van der Waals surface area contributed by atoms with Crippen molar-refractivity contribution in [2.45, 2.75) is 25.7 Å². The van der Waals surface area contributed by atoms with Crippen molar-refractivity contribution in [3.63, 3.8) is 0 Å². The number of allylic oxidation sites excluding steroid dienone is 4. The molecule has 0 aliphatic heterocycles. The second kappa shape index (κ2) is 6.79. The molecule has 0 bridgehead atoms. The molecule has 1 unspecified atom stereocenters. The minimum absolute atomic E-state index is 0. The van der Waals surface area contributed by atoms with Crippen molar-refractivity contribution in [1.29, 1.82) is 0 Å². The van der Waals surface area contributed by atoms with Gasteiger partial charge in [0.25, 0.3) is 0 Å². The zero-order valence-corrected chi connectivity index (χ0v) is 16.3. The fourth-order valence-corrected chi connectivity index (χ4v) is 4.72. The Balaban J connectivity index is 0.00000192. The highest BCUT2D eigenvalue weighted by Gasteiger charge is 2.42. The standard InChI is InChI=1S/C21H19N3O3.ClH/c1-22-8-7-13-20(26)14-9-23-10-24-15-6-5-11-12(3-2-4-16(11)25)17(15)18(19(14)24)21(13)27;/h2,4,9-10,13,22H,3,5-8H2,1H3;1H. The highest BCUT2D eigenvalue weighted by atomic mass is 35.5. The van der Waals surface area contributed by atoms with Crippen molar-refractivity contribution < 1.29 is 14.4 Å². The molecule has 0 spiro atoms. The van der Waals surface area contributed by atoms with E-state index in [-0.39, 0.29) is 29.8 Å². The molecule has 0 fully saturated rings. The summed E-state index contributed by atoms with van der Waals surface area (Å²) in [6, 6.07) is 0. The molecule has 7 heteroatoms. The number of rotatable bonds is 3. The highest BCUT2D eigenvalue weighted by molar-refractivity contribution is 6.28. The Morgan fingerprint density at radius 3 is 2.75 bits per heavy atom. The predicted octanol–water partition coefficient (Wildman–Crippen LogP) is 2.59. The lowest BCUT2D eigenvalue weighted by molar-refractivity contribution is -0.111. The fraction of sp³-hybridized carbons (Fsp3) is 0.333. The summed E-state index contributed by atoms with van der Waals surface area (Å²) in [4.78, 5) is 43.0. The minimum Gasteiger partial charge on any atom is -0.320 e. The average molecular weight is 398 g/mol. The zero-order valence-electron chi connectivity index (χ0n) is 15.4. The van der Waals surface area contributed by atoms with Crippen LogP contribution in [0.5, 0.6) is 0 Å². The van der Waals surface area contributed by atoms with Crippen LogP contribution < -0.4 is 5.32 Å². The lowest BCUT2D eigenvalue weighted by atomic mass is 9.76. The number of hydrogen-bond donors (Lipinski definition) is 1. The molecule has 3 aliphatic carbocycles. The van der Waals surface area contributed by atoms with Gasteiger partial charge in [-0.3, -0.25) is 14.4 Å². The number of halogens is 1. The van der Waals surface area contributed by atoms with Crippen molar-refractivity contribution >= 4 is 40.8 Å². The lowest BCUT2D eigenvalue weighted by Crippen LogP contribution is -2.32. The Hall–Kier alpha value is -2.57. The monoisotopic (exact) mass is 397 g/mol. The molecule has 1 atom stereocenters. The maximum absolute atomic E-state index is 13.4. The van der Waals surface area contributed by atoms with E-state index >= 15 is 0 Å². The van der Waals surface area contributed by atoms with Crippen molar-refractivity contribution in [3.05, 3.63) is 52.6 Å². The van der Waals surface area contributed by atoms with Crippen LogP contribution in [-0.2, 0) is 11.2 Å². The smallest absolute Gasteiger partial charge is 0.181 e.